The van der Waals surface area contributed by atoms with Crippen LogP contribution in [0.1, 0.15) is 34.7 Å². The number of hydrogen-bond acceptors (Lipinski definition) is 4. The second-order valence-electron chi connectivity index (χ2n) is 5.50. The summed E-state index contributed by atoms with van der Waals surface area (Å²) in [5.41, 5.74) is 2.28. The number of nitrogens with zero attached hydrogens (tertiary/aromatic N) is 1. The van der Waals surface area contributed by atoms with E-state index < -0.39 is 5.97 Å². The first-order valence-corrected chi connectivity index (χ1v) is 8.68. The molecule has 0 atom stereocenters. The lowest BCUT2D eigenvalue weighted by atomic mass is 10.0. The van der Waals surface area contributed by atoms with Crippen molar-refractivity contribution in [1.29, 1.82) is 0 Å². The number of hydrogen-bond donors (Lipinski definition) is 0. The molecule has 0 unspecified atom stereocenters. The Morgan fingerprint density at radius 1 is 1.19 bits per heavy atom. The fourth-order valence-electron chi connectivity index (χ4n) is 2.99. The molecule has 0 N–H and O–H groups in total. The van der Waals surface area contributed by atoms with Crippen LogP contribution in [0.4, 0.5) is 0 Å². The molecule has 3 rings (SSSR count). The quantitative estimate of drug-likeness (QED) is 0.467. The number of pyridine rings is 1. The van der Waals surface area contributed by atoms with Crippen molar-refractivity contribution in [3.05, 3.63) is 58.9 Å². The molecule has 0 radical (unpaired) electrons. The van der Waals surface area contributed by atoms with Crippen molar-refractivity contribution in [2.45, 2.75) is 13.8 Å². The summed E-state index contributed by atoms with van der Waals surface area (Å²) < 4.78 is 12.3. The van der Waals surface area contributed by atoms with Crippen molar-refractivity contribution in [2.75, 3.05) is 13.2 Å². The number of ether oxygens (including phenoxy) is 2. The van der Waals surface area contributed by atoms with Gasteiger partial charge >= 0.3 is 5.97 Å². The van der Waals surface area contributed by atoms with Gasteiger partial charge in [0.05, 0.1) is 35.0 Å². The molecule has 0 amide bonds. The maximum absolute atomic E-state index is 12.6. The summed E-state index contributed by atoms with van der Waals surface area (Å²) >= 11 is 6.45. The van der Waals surface area contributed by atoms with Crippen LogP contribution in [-0.4, -0.2) is 29.9 Å². The summed E-state index contributed by atoms with van der Waals surface area (Å²) in [5.74, 6) is 0.125. The molecule has 26 heavy (non-hydrogen) atoms. The van der Waals surface area contributed by atoms with Crippen molar-refractivity contribution in [2.24, 2.45) is 0 Å². The highest BCUT2D eigenvalue weighted by Crippen LogP contribution is 2.38. The number of aromatic nitrogens is 1. The number of benzene rings is 1. The van der Waals surface area contributed by atoms with Crippen LogP contribution in [0.25, 0.3) is 16.6 Å². The summed E-state index contributed by atoms with van der Waals surface area (Å²) in [6.45, 7) is 4.36. The van der Waals surface area contributed by atoms with Crippen molar-refractivity contribution in [1.82, 2.24) is 4.40 Å². The fraction of sp³-hybridized carbons (Fsp3) is 0.200. The molecule has 0 fully saturated rings. The Kier molecular flexibility index (Phi) is 5.28. The first-order valence-electron chi connectivity index (χ1n) is 8.30. The van der Waals surface area contributed by atoms with Gasteiger partial charge in [0.15, 0.2) is 6.29 Å². The first kappa shape index (κ1) is 18.0. The van der Waals surface area contributed by atoms with Gasteiger partial charge in [-0.1, -0.05) is 17.7 Å². The number of esters is 1. The molecule has 0 aliphatic heterocycles. The number of fused-ring (bicyclic) bond motifs is 1. The van der Waals surface area contributed by atoms with Gasteiger partial charge in [-0.15, -0.1) is 0 Å². The third-order valence-electron chi connectivity index (χ3n) is 3.99. The molecule has 0 spiro atoms. The average molecular weight is 372 g/mol. The summed E-state index contributed by atoms with van der Waals surface area (Å²) in [6.07, 6.45) is 2.45. The highest BCUT2D eigenvalue weighted by Gasteiger charge is 2.26. The van der Waals surface area contributed by atoms with E-state index in [0.717, 1.165) is 6.29 Å². The zero-order valence-corrected chi connectivity index (χ0v) is 15.2. The van der Waals surface area contributed by atoms with E-state index in [1.807, 2.05) is 6.92 Å². The predicted octanol–water partition coefficient (Wildman–Crippen LogP) is 4.65. The van der Waals surface area contributed by atoms with Crippen LogP contribution >= 0.6 is 11.6 Å². The van der Waals surface area contributed by atoms with E-state index in [-0.39, 0.29) is 6.61 Å². The van der Waals surface area contributed by atoms with Gasteiger partial charge in [0.25, 0.3) is 0 Å². The molecule has 0 saturated carbocycles. The molecule has 2 heterocycles. The molecule has 0 saturated heterocycles. The number of carbonyl (C=O) groups is 2. The van der Waals surface area contributed by atoms with E-state index in [2.05, 4.69) is 0 Å². The minimum Gasteiger partial charge on any atom is -0.494 e. The van der Waals surface area contributed by atoms with Gasteiger partial charge in [-0.05, 0) is 44.2 Å². The van der Waals surface area contributed by atoms with Crippen LogP contribution in [0, 0.1) is 0 Å². The highest BCUT2D eigenvalue weighted by atomic mass is 35.5. The SMILES string of the molecule is CCOC(=O)c1c(-c2ccc(OCC)cc2Cl)c(C=O)n2ccccc12. The minimum atomic E-state index is -0.496. The van der Waals surface area contributed by atoms with Gasteiger partial charge < -0.3 is 13.9 Å². The zero-order valence-electron chi connectivity index (χ0n) is 14.5. The molecular formula is C20H18ClNO4. The lowest BCUT2D eigenvalue weighted by Gasteiger charge is -2.10. The average Bonchev–Trinajstić information content (AvgIpc) is 2.96. The number of aldehydes is 1. The Labute approximate surface area is 156 Å². The second-order valence-corrected chi connectivity index (χ2v) is 5.91. The summed E-state index contributed by atoms with van der Waals surface area (Å²) in [6, 6.07) is 10.5. The van der Waals surface area contributed by atoms with Crippen molar-refractivity contribution in [3.8, 4) is 16.9 Å². The molecule has 2 aromatic heterocycles. The first-order chi connectivity index (χ1) is 12.6. The van der Waals surface area contributed by atoms with Crippen LogP contribution in [-0.2, 0) is 4.74 Å². The maximum atomic E-state index is 12.6. The maximum Gasteiger partial charge on any atom is 0.340 e. The van der Waals surface area contributed by atoms with E-state index in [1.54, 1.807) is 53.9 Å². The number of carbonyl (C=O) groups excluding carboxylic acids is 2. The normalized spacial score (nSPS) is 10.7. The van der Waals surface area contributed by atoms with Gasteiger partial charge in [0.1, 0.15) is 5.75 Å². The van der Waals surface area contributed by atoms with Crippen LogP contribution in [0.2, 0.25) is 5.02 Å². The molecule has 1 aromatic carbocycles. The van der Waals surface area contributed by atoms with Gasteiger partial charge in [-0.2, -0.15) is 0 Å². The Hall–Kier alpha value is -2.79. The summed E-state index contributed by atoms with van der Waals surface area (Å²) in [7, 11) is 0. The molecule has 134 valence electrons. The second kappa shape index (κ2) is 7.62. The van der Waals surface area contributed by atoms with E-state index in [1.165, 1.54) is 0 Å². The molecule has 6 heteroatoms. The van der Waals surface area contributed by atoms with Gasteiger partial charge in [0.2, 0.25) is 0 Å². The lowest BCUT2D eigenvalue weighted by molar-refractivity contribution is 0.0529. The van der Waals surface area contributed by atoms with Gasteiger partial charge in [0, 0.05) is 17.3 Å². The molecule has 0 aliphatic rings. The van der Waals surface area contributed by atoms with E-state index in [4.69, 9.17) is 21.1 Å². The Morgan fingerprint density at radius 3 is 2.65 bits per heavy atom. The van der Waals surface area contributed by atoms with Crippen molar-refractivity contribution >= 4 is 29.4 Å². The Bertz CT molecular complexity index is 977. The largest absolute Gasteiger partial charge is 0.494 e. The Balaban J connectivity index is 2.32. The van der Waals surface area contributed by atoms with Gasteiger partial charge in [-0.25, -0.2) is 4.79 Å². The van der Waals surface area contributed by atoms with Crippen molar-refractivity contribution in [3.63, 3.8) is 0 Å². The van der Waals surface area contributed by atoms with Crippen LogP contribution in [0.15, 0.2) is 42.6 Å². The van der Waals surface area contributed by atoms with Crippen LogP contribution in [0.5, 0.6) is 5.75 Å². The number of halogens is 1. The smallest absolute Gasteiger partial charge is 0.340 e. The number of rotatable bonds is 6. The third-order valence-corrected chi connectivity index (χ3v) is 4.31. The highest BCUT2D eigenvalue weighted by molar-refractivity contribution is 6.34. The lowest BCUT2D eigenvalue weighted by Crippen LogP contribution is -2.06. The molecule has 0 bridgehead atoms. The summed E-state index contributed by atoms with van der Waals surface area (Å²) in [5, 5.41) is 0.389. The monoisotopic (exact) mass is 371 g/mol. The van der Waals surface area contributed by atoms with Gasteiger partial charge in [-0.3, -0.25) is 4.79 Å². The van der Waals surface area contributed by atoms with E-state index in [0.29, 0.717) is 45.3 Å². The summed E-state index contributed by atoms with van der Waals surface area (Å²) in [4.78, 5) is 24.5. The zero-order chi connectivity index (χ0) is 18.7. The molecular weight excluding hydrogens is 354 g/mol. The van der Waals surface area contributed by atoms with Crippen LogP contribution < -0.4 is 4.74 Å². The fourth-order valence-corrected chi connectivity index (χ4v) is 3.25. The standard InChI is InChI=1S/C20H18ClNO4/c1-3-25-13-8-9-14(15(21)11-13)18-17(12-23)22-10-6-5-7-16(22)19(18)20(24)26-4-2/h5-12H,3-4H2,1-2H3. The van der Waals surface area contributed by atoms with E-state index in [9.17, 15) is 9.59 Å². The topological polar surface area (TPSA) is 57.0 Å². The Morgan fingerprint density at radius 2 is 2.00 bits per heavy atom. The molecule has 5 nitrogen and oxygen atoms in total. The third kappa shape index (κ3) is 3.06. The van der Waals surface area contributed by atoms with E-state index >= 15 is 0 Å². The minimum absolute atomic E-state index is 0.232. The predicted molar refractivity (Wildman–Crippen MR) is 100 cm³/mol. The molecule has 0 aliphatic carbocycles. The molecule has 3 aromatic rings. The van der Waals surface area contributed by atoms with Crippen molar-refractivity contribution < 1.29 is 19.1 Å². The van der Waals surface area contributed by atoms with Crippen LogP contribution in [0.3, 0.4) is 0 Å².